The molecule has 1 unspecified atom stereocenters. The van der Waals surface area contributed by atoms with E-state index >= 15 is 0 Å². The highest BCUT2D eigenvalue weighted by atomic mass is 19.1. The lowest BCUT2D eigenvalue weighted by Gasteiger charge is -2.16. The maximum Gasteiger partial charge on any atom is 0.319 e. The normalized spacial score (nSPS) is 11.4. The van der Waals surface area contributed by atoms with E-state index in [-0.39, 0.29) is 16.8 Å². The van der Waals surface area contributed by atoms with E-state index in [1.807, 2.05) is 0 Å². The van der Waals surface area contributed by atoms with E-state index in [0.29, 0.717) is 0 Å². The highest BCUT2D eigenvalue weighted by Gasteiger charge is 2.15. The number of hydrogen-bond donors (Lipinski definition) is 2. The Morgan fingerprint density at radius 2 is 1.78 bits per heavy atom. The first-order valence-corrected chi connectivity index (χ1v) is 6.63. The number of carbonyl (C=O) groups is 1. The summed E-state index contributed by atoms with van der Waals surface area (Å²) in [5.41, 5.74) is 0.195. The van der Waals surface area contributed by atoms with Crippen molar-refractivity contribution in [2.45, 2.75) is 13.0 Å². The van der Waals surface area contributed by atoms with Gasteiger partial charge in [-0.05, 0) is 31.2 Å². The molecule has 0 spiro atoms. The second-order valence-electron chi connectivity index (χ2n) is 4.79. The van der Waals surface area contributed by atoms with Gasteiger partial charge in [-0.3, -0.25) is 0 Å². The Labute approximate surface area is 130 Å². The van der Waals surface area contributed by atoms with Crippen LogP contribution in [0.1, 0.15) is 24.1 Å². The quantitative estimate of drug-likeness (QED) is 0.902. The molecule has 0 aliphatic heterocycles. The molecule has 0 aliphatic rings. The van der Waals surface area contributed by atoms with E-state index in [1.165, 1.54) is 19.1 Å². The van der Waals surface area contributed by atoms with E-state index in [0.717, 1.165) is 24.3 Å². The summed E-state index contributed by atoms with van der Waals surface area (Å²) in [5.74, 6) is -2.10. The standard InChI is InChI=1S/C16H12F3N3O/c1-9(13-4-2-12(18)7-14(13)19)21-16(23)22-15-5-3-11(17)6-10(15)8-20/h2-7,9H,1H3,(H2,21,22,23). The van der Waals surface area contributed by atoms with E-state index in [9.17, 15) is 18.0 Å². The van der Waals surface area contributed by atoms with Crippen LogP contribution in [0.2, 0.25) is 0 Å². The smallest absolute Gasteiger partial charge is 0.319 e. The number of nitrogens with zero attached hydrogens (tertiary/aromatic N) is 1. The molecule has 7 heteroatoms. The van der Waals surface area contributed by atoms with Crippen molar-refractivity contribution in [2.24, 2.45) is 0 Å². The van der Waals surface area contributed by atoms with E-state index in [4.69, 9.17) is 5.26 Å². The number of urea groups is 1. The van der Waals surface area contributed by atoms with Crippen LogP contribution in [0.4, 0.5) is 23.7 Å². The number of amides is 2. The molecule has 2 aromatic carbocycles. The highest BCUT2D eigenvalue weighted by molar-refractivity contribution is 5.91. The summed E-state index contributed by atoms with van der Waals surface area (Å²) in [6.07, 6.45) is 0. The van der Waals surface area contributed by atoms with Crippen molar-refractivity contribution in [1.82, 2.24) is 5.32 Å². The van der Waals surface area contributed by atoms with Crippen molar-refractivity contribution in [1.29, 1.82) is 5.26 Å². The maximum atomic E-state index is 13.6. The van der Waals surface area contributed by atoms with Crippen LogP contribution in [-0.4, -0.2) is 6.03 Å². The maximum absolute atomic E-state index is 13.6. The van der Waals surface area contributed by atoms with Crippen molar-refractivity contribution >= 4 is 11.7 Å². The molecule has 4 nitrogen and oxygen atoms in total. The number of halogens is 3. The zero-order valence-corrected chi connectivity index (χ0v) is 12.0. The molecule has 23 heavy (non-hydrogen) atoms. The van der Waals surface area contributed by atoms with Crippen molar-refractivity contribution in [3.63, 3.8) is 0 Å². The van der Waals surface area contributed by atoms with Gasteiger partial charge < -0.3 is 10.6 Å². The Hall–Kier alpha value is -3.01. The molecule has 0 heterocycles. The topological polar surface area (TPSA) is 64.9 Å². The number of anilines is 1. The molecular weight excluding hydrogens is 307 g/mol. The van der Waals surface area contributed by atoms with Crippen molar-refractivity contribution in [2.75, 3.05) is 5.32 Å². The molecule has 0 fully saturated rings. The molecule has 1 atom stereocenters. The predicted molar refractivity (Wildman–Crippen MR) is 78.0 cm³/mol. The largest absolute Gasteiger partial charge is 0.331 e. The molecule has 0 saturated heterocycles. The fourth-order valence-electron chi connectivity index (χ4n) is 2.00. The molecule has 2 rings (SSSR count). The van der Waals surface area contributed by atoms with Gasteiger partial charge in [0.1, 0.15) is 23.5 Å². The van der Waals surface area contributed by atoms with Gasteiger partial charge in [-0.15, -0.1) is 0 Å². The van der Waals surface area contributed by atoms with Crippen LogP contribution in [0.3, 0.4) is 0 Å². The fourth-order valence-corrected chi connectivity index (χ4v) is 2.00. The molecule has 118 valence electrons. The second kappa shape index (κ2) is 6.83. The first kappa shape index (κ1) is 16.4. The molecular formula is C16H12F3N3O. The number of benzene rings is 2. The second-order valence-corrected chi connectivity index (χ2v) is 4.79. The van der Waals surface area contributed by atoms with E-state index < -0.39 is 29.5 Å². The van der Waals surface area contributed by atoms with Crippen molar-refractivity contribution in [3.05, 3.63) is 65.0 Å². The average Bonchev–Trinajstić information content (AvgIpc) is 2.48. The third kappa shape index (κ3) is 4.01. The number of hydrogen-bond acceptors (Lipinski definition) is 2. The Bertz CT molecular complexity index is 787. The van der Waals surface area contributed by atoms with E-state index in [2.05, 4.69) is 10.6 Å². The van der Waals surface area contributed by atoms with Crippen LogP contribution < -0.4 is 10.6 Å². The minimum Gasteiger partial charge on any atom is -0.331 e. The first-order chi connectivity index (χ1) is 10.9. The highest BCUT2D eigenvalue weighted by Crippen LogP contribution is 2.19. The summed E-state index contributed by atoms with van der Waals surface area (Å²) in [6, 6.07) is 6.68. The van der Waals surface area contributed by atoms with Gasteiger partial charge in [-0.1, -0.05) is 6.07 Å². The summed E-state index contributed by atoms with van der Waals surface area (Å²) >= 11 is 0. The van der Waals surface area contributed by atoms with Gasteiger partial charge in [0.05, 0.1) is 17.3 Å². The zero-order chi connectivity index (χ0) is 17.0. The van der Waals surface area contributed by atoms with Crippen LogP contribution in [0, 0.1) is 28.8 Å². The average molecular weight is 319 g/mol. The van der Waals surface area contributed by atoms with Gasteiger partial charge in [-0.2, -0.15) is 5.26 Å². The zero-order valence-electron chi connectivity index (χ0n) is 12.0. The Kier molecular flexibility index (Phi) is 4.86. The third-order valence-electron chi connectivity index (χ3n) is 3.13. The molecule has 0 radical (unpaired) electrons. The van der Waals surface area contributed by atoms with Crippen LogP contribution >= 0.6 is 0 Å². The first-order valence-electron chi connectivity index (χ1n) is 6.63. The molecule has 0 aromatic heterocycles. The lowest BCUT2D eigenvalue weighted by molar-refractivity contribution is 0.249. The summed E-state index contributed by atoms with van der Waals surface area (Å²) in [4.78, 5) is 11.9. The van der Waals surface area contributed by atoms with Gasteiger partial charge in [0, 0.05) is 11.6 Å². The Morgan fingerprint density at radius 1 is 1.13 bits per heavy atom. The van der Waals surface area contributed by atoms with Crippen LogP contribution in [0.15, 0.2) is 36.4 Å². The molecule has 0 bridgehead atoms. The molecule has 2 amide bonds. The van der Waals surface area contributed by atoms with Gasteiger partial charge >= 0.3 is 6.03 Å². The summed E-state index contributed by atoms with van der Waals surface area (Å²) in [6.45, 7) is 1.52. The van der Waals surface area contributed by atoms with Crippen LogP contribution in [0.25, 0.3) is 0 Å². The summed E-state index contributed by atoms with van der Waals surface area (Å²) in [7, 11) is 0. The SMILES string of the molecule is CC(NC(=O)Nc1ccc(F)cc1C#N)c1ccc(F)cc1F. The molecule has 2 N–H and O–H groups in total. The Balaban J connectivity index is 2.09. The number of rotatable bonds is 3. The lowest BCUT2D eigenvalue weighted by atomic mass is 10.1. The minimum absolute atomic E-state index is 0.0410. The predicted octanol–water partition coefficient (Wildman–Crippen LogP) is 3.86. The van der Waals surface area contributed by atoms with Gasteiger partial charge in [0.15, 0.2) is 0 Å². The molecule has 0 saturated carbocycles. The fraction of sp³-hybridized carbons (Fsp3) is 0.125. The van der Waals surface area contributed by atoms with E-state index in [1.54, 1.807) is 6.07 Å². The number of nitriles is 1. The van der Waals surface area contributed by atoms with Crippen LogP contribution in [0.5, 0.6) is 0 Å². The number of nitrogens with one attached hydrogen (secondary N) is 2. The molecule has 0 aliphatic carbocycles. The van der Waals surface area contributed by atoms with Gasteiger partial charge in [-0.25, -0.2) is 18.0 Å². The number of carbonyl (C=O) groups excluding carboxylic acids is 1. The van der Waals surface area contributed by atoms with Gasteiger partial charge in [0.2, 0.25) is 0 Å². The molecule has 2 aromatic rings. The lowest BCUT2D eigenvalue weighted by Crippen LogP contribution is -2.31. The van der Waals surface area contributed by atoms with Crippen molar-refractivity contribution < 1.29 is 18.0 Å². The monoisotopic (exact) mass is 319 g/mol. The van der Waals surface area contributed by atoms with Crippen LogP contribution in [-0.2, 0) is 0 Å². The minimum atomic E-state index is -0.780. The third-order valence-corrected chi connectivity index (χ3v) is 3.13. The van der Waals surface area contributed by atoms with Crippen molar-refractivity contribution in [3.8, 4) is 6.07 Å². The van der Waals surface area contributed by atoms with Gasteiger partial charge in [0.25, 0.3) is 0 Å². The Morgan fingerprint density at radius 3 is 2.43 bits per heavy atom. The summed E-state index contributed by atoms with van der Waals surface area (Å²) in [5, 5.41) is 13.7. The summed E-state index contributed by atoms with van der Waals surface area (Å²) < 4.78 is 39.5.